The number of allylic oxidation sites excluding steroid dienone is 2. The first-order valence-electron chi connectivity index (χ1n) is 5.67. The van der Waals surface area contributed by atoms with Crippen LogP contribution in [-0.4, -0.2) is 11.8 Å². The first-order chi connectivity index (χ1) is 8.15. The number of benzene rings is 1. The molecule has 1 aromatic rings. The van der Waals surface area contributed by atoms with E-state index in [1.807, 2.05) is 19.1 Å². The van der Waals surface area contributed by atoms with E-state index in [-0.39, 0.29) is 5.78 Å². The molecule has 0 heterocycles. The van der Waals surface area contributed by atoms with Crippen LogP contribution in [0, 0.1) is 6.92 Å². The van der Waals surface area contributed by atoms with Gasteiger partial charge in [0.2, 0.25) is 0 Å². The van der Waals surface area contributed by atoms with Crippen molar-refractivity contribution in [3.63, 3.8) is 0 Å². The Morgan fingerprint density at radius 2 is 1.88 bits per heavy atom. The van der Waals surface area contributed by atoms with Gasteiger partial charge < -0.3 is 4.74 Å². The molecule has 1 aliphatic rings. The minimum absolute atomic E-state index is 0.0305. The van der Waals surface area contributed by atoms with Crippen molar-refractivity contribution in [3.05, 3.63) is 47.2 Å². The molecule has 0 atom stereocenters. The number of ether oxygens (including phenoxy) is 1. The lowest BCUT2D eigenvalue weighted by molar-refractivity contribution is -0.115. The number of carbonyl (C=O) groups is 2. The minimum atomic E-state index is -0.397. The van der Waals surface area contributed by atoms with Crippen molar-refractivity contribution in [2.75, 3.05) is 0 Å². The highest BCUT2D eigenvalue weighted by molar-refractivity contribution is 5.93. The summed E-state index contributed by atoms with van der Waals surface area (Å²) < 4.78 is 5.19. The Bertz CT molecular complexity index is 469. The number of esters is 1. The fraction of sp³-hybridized carbons (Fsp3) is 0.286. The van der Waals surface area contributed by atoms with Crippen LogP contribution in [0.1, 0.15) is 35.2 Å². The van der Waals surface area contributed by atoms with Crippen molar-refractivity contribution in [2.24, 2.45) is 0 Å². The molecular formula is C14H14O3. The van der Waals surface area contributed by atoms with Crippen LogP contribution in [0.15, 0.2) is 36.1 Å². The maximum atomic E-state index is 11.8. The average Bonchev–Trinajstić information content (AvgIpc) is 2.29. The monoisotopic (exact) mass is 230 g/mol. The third kappa shape index (κ3) is 3.03. The van der Waals surface area contributed by atoms with E-state index in [1.165, 1.54) is 6.08 Å². The van der Waals surface area contributed by atoms with Crippen LogP contribution >= 0.6 is 0 Å². The minimum Gasteiger partial charge on any atom is -0.427 e. The molecule has 0 spiro atoms. The Kier molecular flexibility index (Phi) is 3.38. The molecule has 0 saturated heterocycles. The van der Waals surface area contributed by atoms with Crippen LogP contribution in [-0.2, 0) is 9.53 Å². The van der Waals surface area contributed by atoms with Crippen LogP contribution in [0.4, 0.5) is 0 Å². The second kappa shape index (κ2) is 4.95. The molecule has 0 N–H and O–H groups in total. The second-order valence-corrected chi connectivity index (χ2v) is 4.19. The molecule has 1 aliphatic carbocycles. The maximum absolute atomic E-state index is 11.8. The number of rotatable bonds is 2. The SMILES string of the molecule is Cc1ccc(C(=O)OC2=CC(=O)CCC2)cc1. The van der Waals surface area contributed by atoms with Gasteiger partial charge in [-0.1, -0.05) is 17.7 Å². The molecule has 0 radical (unpaired) electrons. The second-order valence-electron chi connectivity index (χ2n) is 4.19. The summed E-state index contributed by atoms with van der Waals surface area (Å²) in [6, 6.07) is 7.17. The summed E-state index contributed by atoms with van der Waals surface area (Å²) in [5.74, 6) is 0.112. The summed E-state index contributed by atoms with van der Waals surface area (Å²) in [5, 5.41) is 0. The Morgan fingerprint density at radius 3 is 2.53 bits per heavy atom. The number of hydrogen-bond donors (Lipinski definition) is 0. The topological polar surface area (TPSA) is 43.4 Å². The van der Waals surface area contributed by atoms with Crippen molar-refractivity contribution in [3.8, 4) is 0 Å². The standard InChI is InChI=1S/C14H14O3/c1-10-5-7-11(8-6-10)14(16)17-13-4-2-3-12(15)9-13/h5-9H,2-4H2,1H3. The van der Waals surface area contributed by atoms with E-state index in [2.05, 4.69) is 0 Å². The normalized spacial score (nSPS) is 15.4. The Morgan fingerprint density at radius 1 is 1.18 bits per heavy atom. The first kappa shape index (κ1) is 11.6. The molecule has 2 rings (SSSR count). The average molecular weight is 230 g/mol. The van der Waals surface area contributed by atoms with Crippen molar-refractivity contribution >= 4 is 11.8 Å². The molecule has 1 aromatic carbocycles. The van der Waals surface area contributed by atoms with Gasteiger partial charge in [-0.15, -0.1) is 0 Å². The fourth-order valence-electron chi connectivity index (χ4n) is 1.71. The van der Waals surface area contributed by atoms with E-state index in [1.54, 1.807) is 12.1 Å². The van der Waals surface area contributed by atoms with E-state index in [9.17, 15) is 9.59 Å². The third-order valence-corrected chi connectivity index (χ3v) is 2.68. The molecule has 0 aromatic heterocycles. The number of ketones is 1. The van der Waals surface area contributed by atoms with Gasteiger partial charge >= 0.3 is 5.97 Å². The van der Waals surface area contributed by atoms with Gasteiger partial charge in [-0.3, -0.25) is 4.79 Å². The van der Waals surface area contributed by atoms with Gasteiger partial charge in [0.25, 0.3) is 0 Å². The highest BCUT2D eigenvalue weighted by Crippen LogP contribution is 2.18. The number of aryl methyl sites for hydroxylation is 1. The molecule has 3 nitrogen and oxygen atoms in total. The zero-order valence-corrected chi connectivity index (χ0v) is 9.73. The van der Waals surface area contributed by atoms with Gasteiger partial charge in [-0.05, 0) is 25.5 Å². The molecule has 0 amide bonds. The van der Waals surface area contributed by atoms with Crippen molar-refractivity contribution in [1.29, 1.82) is 0 Å². The van der Waals surface area contributed by atoms with E-state index < -0.39 is 5.97 Å². The van der Waals surface area contributed by atoms with E-state index >= 15 is 0 Å². The highest BCUT2D eigenvalue weighted by Gasteiger charge is 2.15. The van der Waals surface area contributed by atoms with Crippen LogP contribution < -0.4 is 0 Å². The summed E-state index contributed by atoms with van der Waals surface area (Å²) in [6.07, 6.45) is 3.39. The molecule has 88 valence electrons. The van der Waals surface area contributed by atoms with Crippen LogP contribution in [0.5, 0.6) is 0 Å². The Balaban J connectivity index is 2.06. The van der Waals surface area contributed by atoms with Gasteiger partial charge in [-0.25, -0.2) is 4.79 Å². The van der Waals surface area contributed by atoms with Crippen molar-refractivity contribution < 1.29 is 14.3 Å². The van der Waals surface area contributed by atoms with Crippen LogP contribution in [0.3, 0.4) is 0 Å². The predicted molar refractivity (Wildman–Crippen MR) is 63.5 cm³/mol. The van der Waals surface area contributed by atoms with Gasteiger partial charge in [0.1, 0.15) is 5.76 Å². The molecule has 17 heavy (non-hydrogen) atoms. The molecule has 0 fully saturated rings. The molecule has 0 bridgehead atoms. The van der Waals surface area contributed by atoms with Gasteiger partial charge in [0.15, 0.2) is 5.78 Å². The summed E-state index contributed by atoms with van der Waals surface area (Å²) >= 11 is 0. The van der Waals surface area contributed by atoms with E-state index in [4.69, 9.17) is 4.74 Å². The lowest BCUT2D eigenvalue weighted by Gasteiger charge is -2.12. The summed E-state index contributed by atoms with van der Waals surface area (Å²) in [5.41, 5.74) is 1.60. The summed E-state index contributed by atoms with van der Waals surface area (Å²) in [6.45, 7) is 1.96. The summed E-state index contributed by atoms with van der Waals surface area (Å²) in [7, 11) is 0. The van der Waals surface area contributed by atoms with Gasteiger partial charge in [0.05, 0.1) is 5.56 Å². The first-order valence-corrected chi connectivity index (χ1v) is 5.67. The summed E-state index contributed by atoms with van der Waals surface area (Å²) in [4.78, 5) is 22.9. The van der Waals surface area contributed by atoms with Crippen molar-refractivity contribution in [1.82, 2.24) is 0 Å². The van der Waals surface area contributed by atoms with Gasteiger partial charge in [-0.2, -0.15) is 0 Å². The third-order valence-electron chi connectivity index (χ3n) is 2.68. The smallest absolute Gasteiger partial charge is 0.343 e. The Labute approximate surface area is 100 Å². The largest absolute Gasteiger partial charge is 0.427 e. The number of hydrogen-bond acceptors (Lipinski definition) is 3. The number of carbonyl (C=O) groups excluding carboxylic acids is 2. The van der Waals surface area contributed by atoms with Crippen LogP contribution in [0.25, 0.3) is 0 Å². The Hall–Kier alpha value is -1.90. The molecule has 0 unspecified atom stereocenters. The van der Waals surface area contributed by atoms with Crippen LogP contribution in [0.2, 0.25) is 0 Å². The lowest BCUT2D eigenvalue weighted by Crippen LogP contribution is -2.10. The fourth-order valence-corrected chi connectivity index (χ4v) is 1.71. The van der Waals surface area contributed by atoms with E-state index in [0.717, 1.165) is 12.0 Å². The predicted octanol–water partition coefficient (Wildman–Crippen LogP) is 2.79. The maximum Gasteiger partial charge on any atom is 0.343 e. The van der Waals surface area contributed by atoms with Crippen molar-refractivity contribution in [2.45, 2.75) is 26.2 Å². The molecule has 0 saturated carbocycles. The molecule has 0 aliphatic heterocycles. The van der Waals surface area contributed by atoms with Gasteiger partial charge in [0, 0.05) is 18.9 Å². The lowest BCUT2D eigenvalue weighted by atomic mass is 10.1. The van der Waals surface area contributed by atoms with E-state index in [0.29, 0.717) is 24.2 Å². The molecular weight excluding hydrogens is 216 g/mol. The molecule has 3 heteroatoms. The highest BCUT2D eigenvalue weighted by atomic mass is 16.5. The zero-order valence-electron chi connectivity index (χ0n) is 9.73. The zero-order chi connectivity index (χ0) is 12.3. The quantitative estimate of drug-likeness (QED) is 0.734.